The van der Waals surface area contributed by atoms with Gasteiger partial charge in [0.25, 0.3) is 0 Å². The smallest absolute Gasteiger partial charge is 0.247 e. The molecule has 0 saturated carbocycles. The van der Waals surface area contributed by atoms with E-state index < -0.39 is 0 Å². The second-order valence-electron chi connectivity index (χ2n) is 6.55. The third kappa shape index (κ3) is 2.54. The highest BCUT2D eigenvalue weighted by Gasteiger charge is 2.27. The molecule has 1 aliphatic rings. The summed E-state index contributed by atoms with van der Waals surface area (Å²) in [4.78, 5) is 6.80. The van der Waals surface area contributed by atoms with Gasteiger partial charge in [0.1, 0.15) is 5.76 Å². The van der Waals surface area contributed by atoms with Gasteiger partial charge >= 0.3 is 0 Å². The van der Waals surface area contributed by atoms with Gasteiger partial charge in [-0.1, -0.05) is 0 Å². The molecule has 7 heteroatoms. The predicted molar refractivity (Wildman–Crippen MR) is 89.2 cm³/mol. The topological polar surface area (TPSA) is 64.9 Å². The number of oxazole rings is 1. The van der Waals surface area contributed by atoms with Crippen LogP contribution in [0.4, 0.5) is 0 Å². The van der Waals surface area contributed by atoms with Crippen LogP contribution in [-0.2, 0) is 33.6 Å². The summed E-state index contributed by atoms with van der Waals surface area (Å²) in [6.45, 7) is 6.75. The molecule has 24 heavy (non-hydrogen) atoms. The second-order valence-corrected chi connectivity index (χ2v) is 6.55. The van der Waals surface area contributed by atoms with Crippen LogP contribution >= 0.6 is 0 Å². The molecule has 1 aliphatic heterocycles. The van der Waals surface area contributed by atoms with Gasteiger partial charge < -0.3 is 4.42 Å². The average molecular weight is 326 g/mol. The summed E-state index contributed by atoms with van der Waals surface area (Å²) in [6.07, 6.45) is 4.83. The van der Waals surface area contributed by atoms with Crippen LogP contribution < -0.4 is 0 Å². The molecule has 0 N–H and O–H groups in total. The zero-order valence-corrected chi connectivity index (χ0v) is 14.6. The Kier molecular flexibility index (Phi) is 3.53. The highest BCUT2D eigenvalue weighted by atomic mass is 16.4. The van der Waals surface area contributed by atoms with Crippen molar-refractivity contribution in [3.8, 4) is 11.6 Å². The normalized spacial score (nSPS) is 15.0. The van der Waals surface area contributed by atoms with Crippen LogP contribution in [0, 0.1) is 13.8 Å². The van der Waals surface area contributed by atoms with Gasteiger partial charge in [0.05, 0.1) is 11.9 Å². The Hall–Kier alpha value is -2.41. The van der Waals surface area contributed by atoms with Crippen LogP contribution in [0.1, 0.15) is 28.3 Å². The van der Waals surface area contributed by atoms with Crippen molar-refractivity contribution in [1.82, 2.24) is 29.4 Å². The second kappa shape index (κ2) is 5.59. The van der Waals surface area contributed by atoms with E-state index in [-0.39, 0.29) is 0 Å². The van der Waals surface area contributed by atoms with Gasteiger partial charge in [0, 0.05) is 63.2 Å². The summed E-state index contributed by atoms with van der Waals surface area (Å²) in [5.74, 6) is 1.42. The van der Waals surface area contributed by atoms with E-state index in [1.54, 1.807) is 6.20 Å². The molecular weight excluding hydrogens is 304 g/mol. The Bertz CT molecular complexity index is 887. The molecule has 0 bridgehead atoms. The molecule has 0 radical (unpaired) electrons. The van der Waals surface area contributed by atoms with Crippen LogP contribution in [0.2, 0.25) is 0 Å². The van der Waals surface area contributed by atoms with E-state index in [4.69, 9.17) is 4.42 Å². The maximum absolute atomic E-state index is 5.71. The minimum absolute atomic E-state index is 0.615. The molecule has 3 aromatic heterocycles. The van der Waals surface area contributed by atoms with E-state index >= 15 is 0 Å². The number of aryl methyl sites for hydroxylation is 4. The van der Waals surface area contributed by atoms with Gasteiger partial charge in [0.15, 0.2) is 5.69 Å². The molecular formula is C17H22N6O. The molecule has 0 spiro atoms. The molecule has 0 unspecified atom stereocenters. The third-order valence-electron chi connectivity index (χ3n) is 4.65. The van der Waals surface area contributed by atoms with Crippen molar-refractivity contribution in [1.29, 1.82) is 0 Å². The maximum atomic E-state index is 5.71. The summed E-state index contributed by atoms with van der Waals surface area (Å²) in [5, 5.41) is 9.10. The van der Waals surface area contributed by atoms with E-state index in [0.29, 0.717) is 5.89 Å². The van der Waals surface area contributed by atoms with Crippen LogP contribution in [0.15, 0.2) is 16.8 Å². The molecule has 4 heterocycles. The largest absolute Gasteiger partial charge is 0.440 e. The molecule has 4 rings (SSSR count). The Morgan fingerprint density at radius 2 is 2.04 bits per heavy atom. The Morgan fingerprint density at radius 3 is 2.71 bits per heavy atom. The molecule has 3 aromatic rings. The van der Waals surface area contributed by atoms with Crippen LogP contribution in [0.3, 0.4) is 0 Å². The van der Waals surface area contributed by atoms with E-state index in [9.17, 15) is 0 Å². The van der Waals surface area contributed by atoms with Gasteiger partial charge in [-0.25, -0.2) is 4.98 Å². The summed E-state index contributed by atoms with van der Waals surface area (Å²) in [6, 6.07) is 0. The molecule has 7 nitrogen and oxygen atoms in total. The van der Waals surface area contributed by atoms with Crippen molar-refractivity contribution in [3.63, 3.8) is 0 Å². The van der Waals surface area contributed by atoms with Crippen LogP contribution in [0.25, 0.3) is 11.6 Å². The standard InChI is InChI=1S/C17H22N6O/c1-11-7-18-17(24-11)16-14-10-23(6-5-15(14)22(4)20-16)9-13-8-21(3)19-12(13)2/h7-8H,5-6,9-10H2,1-4H3. The number of rotatable bonds is 3. The minimum Gasteiger partial charge on any atom is -0.440 e. The van der Waals surface area contributed by atoms with Gasteiger partial charge in [-0.05, 0) is 13.8 Å². The van der Waals surface area contributed by atoms with Crippen molar-refractivity contribution < 1.29 is 4.42 Å². The lowest BCUT2D eigenvalue weighted by Gasteiger charge is -2.27. The lowest BCUT2D eigenvalue weighted by atomic mass is 10.0. The fraction of sp³-hybridized carbons (Fsp3) is 0.471. The van der Waals surface area contributed by atoms with E-state index in [0.717, 1.165) is 43.2 Å². The third-order valence-corrected chi connectivity index (χ3v) is 4.65. The summed E-state index contributed by atoms with van der Waals surface area (Å²) < 4.78 is 9.56. The zero-order valence-electron chi connectivity index (χ0n) is 14.6. The Morgan fingerprint density at radius 1 is 1.21 bits per heavy atom. The van der Waals surface area contributed by atoms with Crippen molar-refractivity contribution >= 4 is 0 Å². The predicted octanol–water partition coefficient (Wildman–Crippen LogP) is 1.98. The number of hydrogen-bond donors (Lipinski definition) is 0. The first-order chi connectivity index (χ1) is 11.5. The van der Waals surface area contributed by atoms with Gasteiger partial charge in [-0.3, -0.25) is 14.3 Å². The number of nitrogens with zero attached hydrogens (tertiary/aromatic N) is 6. The maximum Gasteiger partial charge on any atom is 0.247 e. The molecule has 126 valence electrons. The first kappa shape index (κ1) is 15.1. The highest BCUT2D eigenvalue weighted by Crippen LogP contribution is 2.30. The summed E-state index contributed by atoms with van der Waals surface area (Å²) >= 11 is 0. The molecule has 0 aliphatic carbocycles. The monoisotopic (exact) mass is 326 g/mol. The quantitative estimate of drug-likeness (QED) is 0.736. The molecule has 0 saturated heterocycles. The van der Waals surface area contributed by atoms with Crippen molar-refractivity contribution in [2.24, 2.45) is 14.1 Å². The zero-order chi connectivity index (χ0) is 16.8. The summed E-state index contributed by atoms with van der Waals surface area (Å²) in [5.41, 5.74) is 5.75. The minimum atomic E-state index is 0.615. The lowest BCUT2D eigenvalue weighted by Crippen LogP contribution is -2.30. The summed E-state index contributed by atoms with van der Waals surface area (Å²) in [7, 11) is 3.97. The van der Waals surface area contributed by atoms with Crippen molar-refractivity contribution in [2.75, 3.05) is 6.54 Å². The van der Waals surface area contributed by atoms with Crippen molar-refractivity contribution in [3.05, 3.63) is 40.7 Å². The van der Waals surface area contributed by atoms with Gasteiger partial charge in [-0.2, -0.15) is 10.2 Å². The van der Waals surface area contributed by atoms with E-state index in [1.165, 1.54) is 16.8 Å². The fourth-order valence-electron chi connectivity index (χ4n) is 3.46. The van der Waals surface area contributed by atoms with E-state index in [1.807, 2.05) is 30.4 Å². The Balaban J connectivity index is 1.63. The SMILES string of the molecule is Cc1cnc(-c2nn(C)c3c2CN(Cc2cn(C)nc2C)CC3)o1. The van der Waals surface area contributed by atoms with Crippen LogP contribution in [-0.4, -0.2) is 36.0 Å². The number of hydrogen-bond acceptors (Lipinski definition) is 5. The first-order valence-corrected chi connectivity index (χ1v) is 8.20. The molecule has 0 atom stereocenters. The van der Waals surface area contributed by atoms with Gasteiger partial charge in [-0.15, -0.1) is 0 Å². The number of fused-ring (bicyclic) bond motifs is 1. The number of aromatic nitrogens is 5. The average Bonchev–Trinajstić information content (AvgIpc) is 3.19. The first-order valence-electron chi connectivity index (χ1n) is 8.20. The van der Waals surface area contributed by atoms with Crippen LogP contribution in [0.5, 0.6) is 0 Å². The van der Waals surface area contributed by atoms with E-state index in [2.05, 4.69) is 33.2 Å². The molecule has 0 fully saturated rings. The van der Waals surface area contributed by atoms with Gasteiger partial charge in [0.2, 0.25) is 5.89 Å². The Labute approximate surface area is 140 Å². The molecule has 0 amide bonds. The molecule has 0 aromatic carbocycles. The highest BCUT2D eigenvalue weighted by molar-refractivity contribution is 5.55. The van der Waals surface area contributed by atoms with Crippen molar-refractivity contribution in [2.45, 2.75) is 33.4 Å². The fourth-order valence-corrected chi connectivity index (χ4v) is 3.46. The lowest BCUT2D eigenvalue weighted by molar-refractivity contribution is 0.242.